The van der Waals surface area contributed by atoms with E-state index in [9.17, 15) is 4.79 Å². The number of ether oxygens (including phenoxy) is 3. The zero-order chi connectivity index (χ0) is 17.7. The molecule has 0 aliphatic heterocycles. The van der Waals surface area contributed by atoms with Crippen LogP contribution in [-0.4, -0.2) is 37.2 Å². The quantitative estimate of drug-likeness (QED) is 0.827. The first-order chi connectivity index (χ1) is 11.5. The number of nitrogens with two attached hydrogens (primary N) is 1. The number of hydrogen-bond donors (Lipinski definition) is 2. The van der Waals surface area contributed by atoms with Crippen LogP contribution in [0.2, 0.25) is 0 Å². The molecule has 0 saturated heterocycles. The molecule has 0 fully saturated rings. The standard InChI is InChI=1S/C16H20N4O4/c1-9(21)19-16-18-8-11(15(17)20-16)5-10-6-12(22-2)14(24-4)13(7-10)23-3/h6-8H,5H2,1-4H3,(H3,17,18,19,20,21). The number of aromatic nitrogens is 2. The van der Waals surface area contributed by atoms with Crippen LogP contribution >= 0.6 is 0 Å². The van der Waals surface area contributed by atoms with Crippen molar-refractivity contribution < 1.29 is 19.0 Å². The predicted octanol–water partition coefficient (Wildman–Crippen LogP) is 1.63. The van der Waals surface area contributed by atoms with Gasteiger partial charge in [0.15, 0.2) is 11.5 Å². The van der Waals surface area contributed by atoms with E-state index in [1.165, 1.54) is 6.92 Å². The smallest absolute Gasteiger partial charge is 0.231 e. The molecule has 0 radical (unpaired) electrons. The molecular weight excluding hydrogens is 312 g/mol. The monoisotopic (exact) mass is 332 g/mol. The van der Waals surface area contributed by atoms with Gasteiger partial charge in [-0.3, -0.25) is 10.1 Å². The molecule has 0 spiro atoms. The van der Waals surface area contributed by atoms with E-state index in [1.54, 1.807) is 27.5 Å². The normalized spacial score (nSPS) is 10.2. The molecule has 0 bridgehead atoms. The van der Waals surface area contributed by atoms with E-state index in [0.29, 0.717) is 29.5 Å². The lowest BCUT2D eigenvalue weighted by molar-refractivity contribution is -0.114. The van der Waals surface area contributed by atoms with E-state index in [-0.39, 0.29) is 11.9 Å². The Bertz CT molecular complexity index is 724. The highest BCUT2D eigenvalue weighted by Gasteiger charge is 2.14. The number of amides is 1. The number of methoxy groups -OCH3 is 3. The number of nitrogen functional groups attached to an aromatic ring is 1. The third kappa shape index (κ3) is 3.83. The molecule has 1 heterocycles. The van der Waals surface area contributed by atoms with Crippen LogP contribution in [0.1, 0.15) is 18.1 Å². The molecule has 0 saturated carbocycles. The van der Waals surface area contributed by atoms with Crippen LogP contribution in [0.5, 0.6) is 17.2 Å². The number of nitrogens with zero attached hydrogens (tertiary/aromatic N) is 2. The molecular formula is C16H20N4O4. The molecule has 2 rings (SSSR count). The van der Waals surface area contributed by atoms with Crippen LogP contribution in [-0.2, 0) is 11.2 Å². The second-order valence-corrected chi connectivity index (χ2v) is 5.00. The van der Waals surface area contributed by atoms with Gasteiger partial charge in [0.25, 0.3) is 0 Å². The van der Waals surface area contributed by atoms with Crippen molar-refractivity contribution in [1.29, 1.82) is 0 Å². The summed E-state index contributed by atoms with van der Waals surface area (Å²) in [4.78, 5) is 19.2. The fraction of sp³-hybridized carbons (Fsp3) is 0.312. The maximum absolute atomic E-state index is 11.0. The SMILES string of the molecule is COc1cc(Cc2cnc(NC(C)=O)nc2N)cc(OC)c1OC. The Labute approximate surface area is 140 Å². The van der Waals surface area contributed by atoms with Crippen molar-refractivity contribution in [3.8, 4) is 17.2 Å². The first-order valence-corrected chi connectivity index (χ1v) is 7.16. The molecule has 8 heteroatoms. The molecule has 1 aromatic heterocycles. The van der Waals surface area contributed by atoms with E-state index in [2.05, 4.69) is 15.3 Å². The summed E-state index contributed by atoms with van der Waals surface area (Å²) in [6.45, 7) is 1.38. The molecule has 0 atom stereocenters. The second-order valence-electron chi connectivity index (χ2n) is 5.00. The number of rotatable bonds is 6. The molecule has 1 amide bonds. The van der Waals surface area contributed by atoms with Gasteiger partial charge in [-0.25, -0.2) is 4.98 Å². The molecule has 0 unspecified atom stereocenters. The van der Waals surface area contributed by atoms with Gasteiger partial charge < -0.3 is 19.9 Å². The Morgan fingerprint density at radius 3 is 2.25 bits per heavy atom. The van der Waals surface area contributed by atoms with Crippen LogP contribution in [0.4, 0.5) is 11.8 Å². The molecule has 1 aromatic carbocycles. The van der Waals surface area contributed by atoms with E-state index in [0.717, 1.165) is 11.1 Å². The largest absolute Gasteiger partial charge is 0.493 e. The minimum atomic E-state index is -0.258. The average Bonchev–Trinajstić information content (AvgIpc) is 2.55. The van der Waals surface area contributed by atoms with Crippen LogP contribution in [0.3, 0.4) is 0 Å². The van der Waals surface area contributed by atoms with Crippen molar-refractivity contribution in [2.24, 2.45) is 0 Å². The van der Waals surface area contributed by atoms with Gasteiger partial charge in [-0.15, -0.1) is 0 Å². The average molecular weight is 332 g/mol. The van der Waals surface area contributed by atoms with Crippen molar-refractivity contribution in [3.05, 3.63) is 29.5 Å². The minimum absolute atomic E-state index is 0.175. The summed E-state index contributed by atoms with van der Waals surface area (Å²) >= 11 is 0. The number of carbonyl (C=O) groups excluding carboxylic acids is 1. The molecule has 24 heavy (non-hydrogen) atoms. The van der Waals surface area contributed by atoms with Crippen molar-refractivity contribution in [3.63, 3.8) is 0 Å². The van der Waals surface area contributed by atoms with Gasteiger partial charge in [0.05, 0.1) is 21.3 Å². The molecule has 0 aliphatic rings. The number of anilines is 2. The number of nitrogens with one attached hydrogen (secondary N) is 1. The van der Waals surface area contributed by atoms with E-state index < -0.39 is 0 Å². The predicted molar refractivity (Wildman–Crippen MR) is 89.7 cm³/mol. The van der Waals surface area contributed by atoms with E-state index in [1.807, 2.05) is 12.1 Å². The first kappa shape index (κ1) is 17.3. The summed E-state index contributed by atoms with van der Waals surface area (Å²) in [5, 5.41) is 2.49. The van der Waals surface area contributed by atoms with Gasteiger partial charge in [0, 0.05) is 25.1 Å². The van der Waals surface area contributed by atoms with Crippen LogP contribution < -0.4 is 25.3 Å². The summed E-state index contributed by atoms with van der Waals surface area (Å²) in [7, 11) is 4.66. The Kier molecular flexibility index (Phi) is 5.41. The number of hydrogen-bond acceptors (Lipinski definition) is 7. The van der Waals surface area contributed by atoms with Gasteiger partial charge in [-0.05, 0) is 17.7 Å². The van der Waals surface area contributed by atoms with Crippen LogP contribution in [0.15, 0.2) is 18.3 Å². The Balaban J connectivity index is 2.32. The summed E-state index contributed by atoms with van der Waals surface area (Å²) < 4.78 is 16.0. The topological polar surface area (TPSA) is 109 Å². The van der Waals surface area contributed by atoms with E-state index >= 15 is 0 Å². The maximum Gasteiger partial charge on any atom is 0.231 e. The van der Waals surface area contributed by atoms with Gasteiger partial charge in [-0.1, -0.05) is 0 Å². The second kappa shape index (κ2) is 7.49. The molecule has 0 aliphatic carbocycles. The van der Waals surface area contributed by atoms with Gasteiger partial charge >= 0.3 is 0 Å². The van der Waals surface area contributed by atoms with Crippen molar-refractivity contribution in [2.75, 3.05) is 32.4 Å². The maximum atomic E-state index is 11.0. The molecule has 2 aromatic rings. The van der Waals surface area contributed by atoms with Crippen LogP contribution in [0.25, 0.3) is 0 Å². The summed E-state index contributed by atoms with van der Waals surface area (Å²) in [6.07, 6.45) is 2.06. The van der Waals surface area contributed by atoms with Gasteiger partial charge in [-0.2, -0.15) is 4.98 Å². The lowest BCUT2D eigenvalue weighted by atomic mass is 10.1. The Morgan fingerprint density at radius 1 is 1.17 bits per heavy atom. The lowest BCUT2D eigenvalue weighted by Gasteiger charge is -2.14. The van der Waals surface area contributed by atoms with Gasteiger partial charge in [0.2, 0.25) is 17.6 Å². The van der Waals surface area contributed by atoms with Crippen LogP contribution in [0, 0.1) is 0 Å². The van der Waals surface area contributed by atoms with Gasteiger partial charge in [0.1, 0.15) is 5.82 Å². The Hall–Kier alpha value is -3.03. The molecule has 128 valence electrons. The molecule has 3 N–H and O–H groups in total. The summed E-state index contributed by atoms with van der Waals surface area (Å²) in [6, 6.07) is 3.67. The first-order valence-electron chi connectivity index (χ1n) is 7.16. The number of carbonyl (C=O) groups is 1. The highest BCUT2D eigenvalue weighted by molar-refractivity contribution is 5.86. The minimum Gasteiger partial charge on any atom is -0.493 e. The fourth-order valence-corrected chi connectivity index (χ4v) is 2.23. The fourth-order valence-electron chi connectivity index (χ4n) is 2.23. The van der Waals surface area contributed by atoms with Crippen molar-refractivity contribution in [1.82, 2.24) is 9.97 Å². The summed E-state index contributed by atoms with van der Waals surface area (Å²) in [5.41, 5.74) is 7.57. The molecule has 8 nitrogen and oxygen atoms in total. The van der Waals surface area contributed by atoms with Crippen molar-refractivity contribution in [2.45, 2.75) is 13.3 Å². The third-order valence-corrected chi connectivity index (χ3v) is 3.30. The number of benzene rings is 1. The third-order valence-electron chi connectivity index (χ3n) is 3.30. The zero-order valence-corrected chi connectivity index (χ0v) is 14.0. The van der Waals surface area contributed by atoms with Crippen molar-refractivity contribution >= 4 is 17.7 Å². The van der Waals surface area contributed by atoms with E-state index in [4.69, 9.17) is 19.9 Å². The highest BCUT2D eigenvalue weighted by atomic mass is 16.5. The summed E-state index contributed by atoms with van der Waals surface area (Å²) in [5.74, 6) is 1.85. The highest BCUT2D eigenvalue weighted by Crippen LogP contribution is 2.38. The lowest BCUT2D eigenvalue weighted by Crippen LogP contribution is -2.11. The Morgan fingerprint density at radius 2 is 1.79 bits per heavy atom. The zero-order valence-electron chi connectivity index (χ0n) is 14.0.